The molecule has 3 N–H and O–H groups in total. The monoisotopic (exact) mass is 263 g/mol. The highest BCUT2D eigenvalue weighted by molar-refractivity contribution is 6.29. The van der Waals surface area contributed by atoms with Gasteiger partial charge in [0.2, 0.25) is 0 Å². The molecule has 18 heavy (non-hydrogen) atoms. The number of hydrogen-bond acceptors (Lipinski definition) is 4. The minimum absolute atomic E-state index is 0.353. The molecule has 0 fully saturated rings. The van der Waals surface area contributed by atoms with Gasteiger partial charge in [-0.3, -0.25) is 0 Å². The number of nitrogens with two attached hydrogens (primary N) is 1. The Morgan fingerprint density at radius 2 is 2.11 bits per heavy atom. The number of halogens is 1. The largest absolute Gasteiger partial charge is 0.492 e. The van der Waals surface area contributed by atoms with Gasteiger partial charge in [0.05, 0.1) is 12.3 Å². The second-order valence-corrected chi connectivity index (χ2v) is 4.05. The summed E-state index contributed by atoms with van der Waals surface area (Å²) in [4.78, 5) is 4.15. The molecule has 0 atom stereocenters. The van der Waals surface area contributed by atoms with E-state index in [0.29, 0.717) is 23.3 Å². The van der Waals surface area contributed by atoms with Gasteiger partial charge >= 0.3 is 0 Å². The fourth-order valence-electron chi connectivity index (χ4n) is 1.57. The molecule has 0 saturated carbocycles. The van der Waals surface area contributed by atoms with E-state index >= 15 is 0 Å². The van der Waals surface area contributed by atoms with Crippen molar-refractivity contribution < 1.29 is 4.74 Å². The Morgan fingerprint density at radius 3 is 2.83 bits per heavy atom. The van der Waals surface area contributed by atoms with Crippen LogP contribution in [0.1, 0.15) is 6.92 Å². The number of benzene rings is 1. The van der Waals surface area contributed by atoms with Crippen LogP contribution in [0.25, 0.3) is 0 Å². The molecule has 0 aliphatic heterocycles. The molecular formula is C13H14ClN3O. The maximum absolute atomic E-state index is 5.85. The van der Waals surface area contributed by atoms with Crippen LogP contribution in [-0.2, 0) is 0 Å². The van der Waals surface area contributed by atoms with Crippen molar-refractivity contribution in [1.82, 2.24) is 4.98 Å². The van der Waals surface area contributed by atoms with Gasteiger partial charge in [-0.1, -0.05) is 23.7 Å². The first kappa shape index (κ1) is 12.5. The number of aromatic nitrogens is 1. The molecule has 0 unspecified atom stereocenters. The highest BCUT2D eigenvalue weighted by atomic mass is 35.5. The van der Waals surface area contributed by atoms with Gasteiger partial charge in [0.15, 0.2) is 0 Å². The second-order valence-electron chi connectivity index (χ2n) is 3.66. The van der Waals surface area contributed by atoms with Crippen molar-refractivity contribution in [3.8, 4) is 5.75 Å². The Hall–Kier alpha value is -1.94. The van der Waals surface area contributed by atoms with E-state index in [1.807, 2.05) is 31.2 Å². The summed E-state index contributed by atoms with van der Waals surface area (Å²) in [5.41, 5.74) is 7.10. The molecule has 0 saturated heterocycles. The van der Waals surface area contributed by atoms with Gasteiger partial charge in [-0.05, 0) is 25.1 Å². The molecule has 1 heterocycles. The fourth-order valence-corrected chi connectivity index (χ4v) is 1.79. The lowest BCUT2D eigenvalue weighted by Gasteiger charge is -2.12. The van der Waals surface area contributed by atoms with Gasteiger partial charge in [-0.15, -0.1) is 0 Å². The average molecular weight is 264 g/mol. The van der Waals surface area contributed by atoms with Crippen molar-refractivity contribution in [2.24, 2.45) is 0 Å². The molecular weight excluding hydrogens is 250 g/mol. The Balaban J connectivity index is 2.27. The molecule has 1 aromatic carbocycles. The Morgan fingerprint density at radius 1 is 1.33 bits per heavy atom. The molecule has 4 nitrogen and oxygen atoms in total. The maximum atomic E-state index is 5.85. The number of hydrogen-bond donors (Lipinski definition) is 2. The number of nitrogens with zero attached hydrogens (tertiary/aromatic N) is 1. The average Bonchev–Trinajstić information content (AvgIpc) is 2.30. The topological polar surface area (TPSA) is 60.2 Å². The van der Waals surface area contributed by atoms with Crippen LogP contribution in [-0.4, -0.2) is 11.6 Å². The van der Waals surface area contributed by atoms with E-state index in [1.54, 1.807) is 12.1 Å². The molecule has 0 bridgehead atoms. The van der Waals surface area contributed by atoms with E-state index in [9.17, 15) is 0 Å². The van der Waals surface area contributed by atoms with E-state index in [4.69, 9.17) is 22.1 Å². The van der Waals surface area contributed by atoms with Crippen molar-refractivity contribution in [3.63, 3.8) is 0 Å². The lowest BCUT2D eigenvalue weighted by Crippen LogP contribution is -2.00. The van der Waals surface area contributed by atoms with Crippen LogP contribution in [0.15, 0.2) is 36.4 Å². The Labute approximate surface area is 111 Å². The number of pyridine rings is 1. The molecule has 1 aromatic heterocycles. The van der Waals surface area contributed by atoms with Crippen molar-refractivity contribution in [1.29, 1.82) is 0 Å². The summed E-state index contributed by atoms with van der Waals surface area (Å²) in [6.07, 6.45) is 0. The number of nitrogens with one attached hydrogen (secondary N) is 1. The normalized spacial score (nSPS) is 10.1. The molecule has 0 radical (unpaired) electrons. The van der Waals surface area contributed by atoms with E-state index in [2.05, 4.69) is 10.3 Å². The van der Waals surface area contributed by atoms with Gasteiger partial charge in [-0.2, -0.15) is 0 Å². The second kappa shape index (κ2) is 5.60. The van der Waals surface area contributed by atoms with E-state index in [-0.39, 0.29) is 0 Å². The van der Waals surface area contributed by atoms with E-state index < -0.39 is 0 Å². The fraction of sp³-hybridized carbons (Fsp3) is 0.154. The third-order valence-electron chi connectivity index (χ3n) is 2.27. The zero-order valence-corrected chi connectivity index (χ0v) is 10.7. The first-order valence-corrected chi connectivity index (χ1v) is 5.98. The van der Waals surface area contributed by atoms with Crippen LogP contribution in [0.5, 0.6) is 5.75 Å². The van der Waals surface area contributed by atoms with Gasteiger partial charge in [0.1, 0.15) is 16.7 Å². The minimum Gasteiger partial charge on any atom is -0.492 e. The van der Waals surface area contributed by atoms with Crippen LogP contribution in [0.4, 0.5) is 17.2 Å². The predicted molar refractivity (Wildman–Crippen MR) is 74.6 cm³/mol. The summed E-state index contributed by atoms with van der Waals surface area (Å²) < 4.78 is 5.52. The van der Waals surface area contributed by atoms with Crippen molar-refractivity contribution in [3.05, 3.63) is 41.6 Å². The molecule has 0 spiro atoms. The molecule has 2 aromatic rings. The Bertz CT molecular complexity index is 525. The zero-order chi connectivity index (χ0) is 13.0. The molecule has 0 amide bonds. The van der Waals surface area contributed by atoms with Crippen LogP contribution in [0.3, 0.4) is 0 Å². The number of nitrogen functional groups attached to an aromatic ring is 1. The van der Waals surface area contributed by atoms with Gasteiger partial charge < -0.3 is 15.8 Å². The predicted octanol–water partition coefficient (Wildman–Crippen LogP) is 3.46. The third-order valence-corrected chi connectivity index (χ3v) is 2.46. The molecule has 94 valence electrons. The summed E-state index contributed by atoms with van der Waals surface area (Å²) in [5, 5.41) is 3.49. The highest BCUT2D eigenvalue weighted by Crippen LogP contribution is 2.27. The lowest BCUT2D eigenvalue weighted by molar-refractivity contribution is 0.342. The number of ether oxygens (including phenoxy) is 1. The van der Waals surface area contributed by atoms with Crippen molar-refractivity contribution in [2.45, 2.75) is 6.92 Å². The Kier molecular flexibility index (Phi) is 3.89. The summed E-state index contributed by atoms with van der Waals surface area (Å²) in [5.74, 6) is 1.35. The quantitative estimate of drug-likeness (QED) is 0.830. The lowest BCUT2D eigenvalue weighted by atomic mass is 10.3. The van der Waals surface area contributed by atoms with Crippen LogP contribution in [0.2, 0.25) is 5.15 Å². The zero-order valence-electron chi connectivity index (χ0n) is 9.98. The summed E-state index contributed by atoms with van der Waals surface area (Å²) in [6, 6.07) is 10.9. The van der Waals surface area contributed by atoms with Gasteiger partial charge in [0, 0.05) is 11.8 Å². The number of rotatable bonds is 4. The maximum Gasteiger partial charge on any atom is 0.142 e. The first-order valence-electron chi connectivity index (χ1n) is 5.61. The van der Waals surface area contributed by atoms with Crippen molar-refractivity contribution >= 4 is 28.8 Å². The van der Waals surface area contributed by atoms with Crippen LogP contribution >= 0.6 is 11.6 Å². The summed E-state index contributed by atoms with van der Waals surface area (Å²) in [6.45, 7) is 2.54. The van der Waals surface area contributed by atoms with Crippen LogP contribution in [0, 0.1) is 0 Å². The highest BCUT2D eigenvalue weighted by Gasteiger charge is 2.04. The standard InChI is InChI=1S/C13H14ClN3O/c1-2-18-11-6-4-3-5-10(11)16-13-8-9(15)7-12(14)17-13/h3-8H,2H2,1H3,(H3,15,16,17). The molecule has 0 aliphatic carbocycles. The third kappa shape index (κ3) is 3.05. The summed E-state index contributed by atoms with van der Waals surface area (Å²) in [7, 11) is 0. The smallest absolute Gasteiger partial charge is 0.142 e. The number of para-hydroxylation sites is 2. The van der Waals surface area contributed by atoms with Crippen LogP contribution < -0.4 is 15.8 Å². The molecule has 5 heteroatoms. The minimum atomic E-state index is 0.353. The first-order chi connectivity index (χ1) is 8.69. The number of anilines is 3. The SMILES string of the molecule is CCOc1ccccc1Nc1cc(N)cc(Cl)n1. The van der Waals surface area contributed by atoms with E-state index in [1.165, 1.54) is 0 Å². The molecule has 2 rings (SSSR count). The van der Waals surface area contributed by atoms with Gasteiger partial charge in [-0.25, -0.2) is 4.98 Å². The summed E-state index contributed by atoms with van der Waals surface area (Å²) >= 11 is 5.85. The van der Waals surface area contributed by atoms with E-state index in [0.717, 1.165) is 11.4 Å². The van der Waals surface area contributed by atoms with Crippen molar-refractivity contribution in [2.75, 3.05) is 17.7 Å². The molecule has 0 aliphatic rings. The van der Waals surface area contributed by atoms with Gasteiger partial charge in [0.25, 0.3) is 0 Å².